The second-order valence-corrected chi connectivity index (χ2v) is 6.89. The molecule has 0 atom stereocenters. The number of alkyl halides is 3. The van der Waals surface area contributed by atoms with E-state index in [0.717, 1.165) is 10.4 Å². The lowest BCUT2D eigenvalue weighted by atomic mass is 10.2. The van der Waals surface area contributed by atoms with Gasteiger partial charge in [-0.2, -0.15) is 13.2 Å². The van der Waals surface area contributed by atoms with Crippen molar-refractivity contribution in [2.45, 2.75) is 12.6 Å². The number of nitrogens with one attached hydrogen (secondary N) is 1. The highest BCUT2D eigenvalue weighted by molar-refractivity contribution is 7.89. The van der Waals surface area contributed by atoms with Gasteiger partial charge in [0.25, 0.3) is 0 Å². The van der Waals surface area contributed by atoms with Crippen LogP contribution < -0.4 is 5.32 Å². The Balaban J connectivity index is 2.78. The molecular weight excluding hydrogens is 328 g/mol. The molecule has 124 valence electrons. The van der Waals surface area contributed by atoms with Gasteiger partial charge in [0, 0.05) is 26.2 Å². The first kappa shape index (κ1) is 18.4. The van der Waals surface area contributed by atoms with Crippen LogP contribution >= 0.6 is 0 Å². The van der Waals surface area contributed by atoms with E-state index in [4.69, 9.17) is 0 Å². The quantitative estimate of drug-likeness (QED) is 0.833. The molecule has 1 aromatic rings. The van der Waals surface area contributed by atoms with Crippen molar-refractivity contribution >= 4 is 21.6 Å². The normalized spacial score (nSPS) is 12.5. The van der Waals surface area contributed by atoms with Crippen LogP contribution in [-0.4, -0.2) is 38.5 Å². The van der Waals surface area contributed by atoms with Crippen LogP contribution in [0.3, 0.4) is 0 Å². The van der Waals surface area contributed by atoms with Crippen molar-refractivity contribution in [3.8, 4) is 0 Å². The van der Waals surface area contributed by atoms with E-state index in [9.17, 15) is 30.8 Å². The smallest absolute Gasteiger partial charge is 0.326 e. The zero-order valence-electron chi connectivity index (χ0n) is 11.7. The number of carbonyl (C=O) groups is 1. The molecule has 10 heteroatoms. The monoisotopic (exact) mass is 342 g/mol. The second kappa shape index (κ2) is 6.61. The fourth-order valence-corrected chi connectivity index (χ4v) is 2.26. The highest BCUT2D eigenvalue weighted by Gasteiger charge is 2.34. The minimum atomic E-state index is -4.89. The van der Waals surface area contributed by atoms with E-state index in [-0.39, 0.29) is 5.69 Å². The van der Waals surface area contributed by atoms with Gasteiger partial charge in [0.15, 0.2) is 0 Å². The third kappa shape index (κ3) is 4.95. The van der Waals surface area contributed by atoms with Gasteiger partial charge in [-0.3, -0.25) is 4.79 Å². The number of amides is 1. The predicted octanol–water partition coefficient (Wildman–Crippen LogP) is 2.06. The third-order valence-electron chi connectivity index (χ3n) is 2.70. The van der Waals surface area contributed by atoms with E-state index in [1.807, 2.05) is 0 Å². The standard InChI is InChI=1S/C12H14F4N2O3S/c1-18(2)22(20,21)6-5-11(19)17-8-3-4-10(13)9(7-8)12(14,15)16/h3-4,7H,5-6H2,1-2H3,(H,17,19). The maximum absolute atomic E-state index is 13.1. The molecule has 0 bridgehead atoms. The molecular formula is C12H14F4N2O3S. The second-order valence-electron chi connectivity index (χ2n) is 4.59. The van der Waals surface area contributed by atoms with Gasteiger partial charge in [-0.1, -0.05) is 0 Å². The molecule has 0 aliphatic heterocycles. The zero-order valence-corrected chi connectivity index (χ0v) is 12.6. The van der Waals surface area contributed by atoms with E-state index < -0.39 is 45.7 Å². The van der Waals surface area contributed by atoms with Crippen LogP contribution in [0.2, 0.25) is 0 Å². The van der Waals surface area contributed by atoms with Gasteiger partial charge in [0.2, 0.25) is 15.9 Å². The van der Waals surface area contributed by atoms with Crippen molar-refractivity contribution < 1.29 is 30.8 Å². The van der Waals surface area contributed by atoms with Gasteiger partial charge in [0.1, 0.15) is 5.82 Å². The van der Waals surface area contributed by atoms with Crippen LogP contribution in [0.4, 0.5) is 23.2 Å². The molecule has 1 aromatic carbocycles. The van der Waals surface area contributed by atoms with Crippen molar-refractivity contribution in [2.75, 3.05) is 25.2 Å². The van der Waals surface area contributed by atoms with Gasteiger partial charge >= 0.3 is 6.18 Å². The molecule has 1 N–H and O–H groups in total. The number of halogens is 4. The molecule has 1 rings (SSSR count). The molecule has 5 nitrogen and oxygen atoms in total. The molecule has 0 aliphatic rings. The Labute approximate surface area is 125 Å². The van der Waals surface area contributed by atoms with Crippen LogP contribution in [0.5, 0.6) is 0 Å². The summed E-state index contributed by atoms with van der Waals surface area (Å²) in [5.74, 6) is -2.73. The van der Waals surface area contributed by atoms with Gasteiger partial charge in [0.05, 0.1) is 11.3 Å². The summed E-state index contributed by atoms with van der Waals surface area (Å²) in [6, 6.07) is 1.99. The zero-order chi connectivity index (χ0) is 17.1. The first-order chi connectivity index (χ1) is 9.93. The number of benzene rings is 1. The Morgan fingerprint density at radius 2 is 1.86 bits per heavy atom. The first-order valence-electron chi connectivity index (χ1n) is 6.00. The third-order valence-corrected chi connectivity index (χ3v) is 4.53. The predicted molar refractivity (Wildman–Crippen MR) is 72.1 cm³/mol. The number of sulfonamides is 1. The van der Waals surface area contributed by atoms with Gasteiger partial charge in [-0.05, 0) is 18.2 Å². The molecule has 22 heavy (non-hydrogen) atoms. The number of hydrogen-bond donors (Lipinski definition) is 1. The van der Waals surface area contributed by atoms with E-state index in [2.05, 4.69) is 5.32 Å². The SMILES string of the molecule is CN(C)S(=O)(=O)CCC(=O)Nc1ccc(F)c(C(F)(F)F)c1. The molecule has 0 fully saturated rings. The fourth-order valence-electron chi connectivity index (χ4n) is 1.45. The maximum atomic E-state index is 13.1. The van der Waals surface area contributed by atoms with Crippen molar-refractivity contribution in [1.82, 2.24) is 4.31 Å². The molecule has 1 amide bonds. The van der Waals surface area contributed by atoms with E-state index in [1.54, 1.807) is 0 Å². The van der Waals surface area contributed by atoms with Crippen molar-refractivity contribution in [3.05, 3.63) is 29.6 Å². The summed E-state index contributed by atoms with van der Waals surface area (Å²) in [6.45, 7) is 0. The first-order valence-corrected chi connectivity index (χ1v) is 7.61. The summed E-state index contributed by atoms with van der Waals surface area (Å²) in [5.41, 5.74) is -1.77. The molecule has 0 heterocycles. The molecule has 0 saturated carbocycles. The number of anilines is 1. The van der Waals surface area contributed by atoms with Crippen LogP contribution in [0.25, 0.3) is 0 Å². The van der Waals surface area contributed by atoms with Crippen molar-refractivity contribution in [1.29, 1.82) is 0 Å². The average molecular weight is 342 g/mol. The van der Waals surface area contributed by atoms with Gasteiger partial charge < -0.3 is 5.32 Å². The molecule has 0 saturated heterocycles. The number of rotatable bonds is 5. The molecule has 0 aromatic heterocycles. The Morgan fingerprint density at radius 3 is 2.36 bits per heavy atom. The Hall–Kier alpha value is -1.68. The highest BCUT2D eigenvalue weighted by Crippen LogP contribution is 2.32. The van der Waals surface area contributed by atoms with Crippen molar-refractivity contribution in [3.63, 3.8) is 0 Å². The fraction of sp³-hybridized carbons (Fsp3) is 0.417. The Bertz CT molecular complexity index is 657. The summed E-state index contributed by atoms with van der Waals surface area (Å²) < 4.78 is 74.5. The van der Waals surface area contributed by atoms with E-state index in [1.165, 1.54) is 14.1 Å². The highest BCUT2D eigenvalue weighted by atomic mass is 32.2. The largest absolute Gasteiger partial charge is 0.419 e. The lowest BCUT2D eigenvalue weighted by Crippen LogP contribution is -2.27. The van der Waals surface area contributed by atoms with E-state index in [0.29, 0.717) is 12.1 Å². The van der Waals surface area contributed by atoms with Crippen LogP contribution in [0, 0.1) is 5.82 Å². The van der Waals surface area contributed by atoms with E-state index >= 15 is 0 Å². The summed E-state index contributed by atoms with van der Waals surface area (Å²) >= 11 is 0. The van der Waals surface area contributed by atoms with Gasteiger partial charge in [-0.25, -0.2) is 17.1 Å². The lowest BCUT2D eigenvalue weighted by molar-refractivity contribution is -0.140. The Morgan fingerprint density at radius 1 is 1.27 bits per heavy atom. The van der Waals surface area contributed by atoms with Gasteiger partial charge in [-0.15, -0.1) is 0 Å². The number of nitrogens with zero attached hydrogens (tertiary/aromatic N) is 1. The minimum Gasteiger partial charge on any atom is -0.326 e. The maximum Gasteiger partial charge on any atom is 0.419 e. The topological polar surface area (TPSA) is 66.5 Å². The molecule has 0 unspecified atom stereocenters. The van der Waals surface area contributed by atoms with Crippen LogP contribution in [0.15, 0.2) is 18.2 Å². The lowest BCUT2D eigenvalue weighted by Gasteiger charge is -2.12. The molecule has 0 radical (unpaired) electrons. The molecule has 0 aliphatic carbocycles. The summed E-state index contributed by atoms with van der Waals surface area (Å²) in [6.07, 6.45) is -5.32. The minimum absolute atomic E-state index is 0.263. The summed E-state index contributed by atoms with van der Waals surface area (Å²) in [4.78, 5) is 11.6. The molecule has 0 spiro atoms. The van der Waals surface area contributed by atoms with Crippen LogP contribution in [0.1, 0.15) is 12.0 Å². The summed E-state index contributed by atoms with van der Waals surface area (Å²) in [7, 11) is -1.00. The van der Waals surface area contributed by atoms with Crippen LogP contribution in [-0.2, 0) is 21.0 Å². The average Bonchev–Trinajstić information content (AvgIpc) is 2.37. The number of carbonyl (C=O) groups excluding carboxylic acids is 1. The summed E-state index contributed by atoms with van der Waals surface area (Å²) in [5, 5.41) is 2.10. The number of hydrogen-bond acceptors (Lipinski definition) is 3. The Kier molecular flexibility index (Phi) is 5.52. The van der Waals surface area contributed by atoms with Crippen molar-refractivity contribution in [2.24, 2.45) is 0 Å².